The molecule has 154 valence electrons. The lowest BCUT2D eigenvalue weighted by atomic mass is 10.0. The predicted octanol–water partition coefficient (Wildman–Crippen LogP) is 3.26. The van der Waals surface area contributed by atoms with Gasteiger partial charge in [0.05, 0.1) is 13.7 Å². The molecule has 1 unspecified atom stereocenters. The van der Waals surface area contributed by atoms with Crippen LogP contribution in [0.5, 0.6) is 17.2 Å². The number of rotatable bonds is 6. The minimum Gasteiger partial charge on any atom is -0.497 e. The number of likely N-dealkylation sites (tertiary alicyclic amines) is 1. The molecule has 0 aliphatic carbocycles. The number of methoxy groups -OCH3 is 1. The van der Waals surface area contributed by atoms with Gasteiger partial charge in [-0.05, 0) is 54.8 Å². The largest absolute Gasteiger partial charge is 0.497 e. The molecule has 2 heterocycles. The quantitative estimate of drug-likeness (QED) is 0.750. The van der Waals surface area contributed by atoms with Gasteiger partial charge in [0, 0.05) is 19.6 Å². The van der Waals surface area contributed by atoms with Crippen LogP contribution < -0.4 is 14.2 Å². The van der Waals surface area contributed by atoms with Gasteiger partial charge < -0.3 is 19.1 Å². The van der Waals surface area contributed by atoms with E-state index in [1.807, 2.05) is 37.4 Å². The third-order valence-corrected chi connectivity index (χ3v) is 5.66. The van der Waals surface area contributed by atoms with Crippen molar-refractivity contribution in [3.63, 3.8) is 0 Å². The highest BCUT2D eigenvalue weighted by Crippen LogP contribution is 2.37. The second kappa shape index (κ2) is 8.74. The molecule has 2 aliphatic heterocycles. The van der Waals surface area contributed by atoms with Gasteiger partial charge >= 0.3 is 0 Å². The van der Waals surface area contributed by atoms with E-state index < -0.39 is 0 Å². The summed E-state index contributed by atoms with van der Waals surface area (Å²) in [6.45, 7) is 3.12. The molecule has 0 N–H and O–H groups in total. The van der Waals surface area contributed by atoms with Crippen molar-refractivity contribution in [2.24, 2.45) is 0 Å². The van der Waals surface area contributed by atoms with E-state index in [1.54, 1.807) is 12.0 Å². The number of amides is 1. The summed E-state index contributed by atoms with van der Waals surface area (Å²) >= 11 is 0. The molecular weight excluding hydrogens is 368 g/mol. The van der Waals surface area contributed by atoms with E-state index in [1.165, 1.54) is 5.56 Å². The van der Waals surface area contributed by atoms with Crippen LogP contribution >= 0.6 is 0 Å². The molecule has 0 spiro atoms. The fraction of sp³-hybridized carbons (Fsp3) is 0.435. The van der Waals surface area contributed by atoms with Crippen molar-refractivity contribution in [2.75, 3.05) is 40.5 Å². The molecule has 1 atom stereocenters. The first-order valence-electron chi connectivity index (χ1n) is 10.1. The van der Waals surface area contributed by atoms with Crippen molar-refractivity contribution >= 4 is 5.91 Å². The van der Waals surface area contributed by atoms with Crippen LogP contribution in [0.1, 0.15) is 30.0 Å². The molecule has 0 aromatic heterocycles. The second-order valence-corrected chi connectivity index (χ2v) is 7.63. The average Bonchev–Trinajstić information content (AvgIpc) is 3.22. The number of hydrogen-bond acceptors (Lipinski definition) is 5. The molecule has 2 aromatic rings. The molecule has 2 aromatic carbocycles. The van der Waals surface area contributed by atoms with Crippen LogP contribution in [0.15, 0.2) is 42.5 Å². The zero-order chi connectivity index (χ0) is 20.2. The zero-order valence-electron chi connectivity index (χ0n) is 17.1. The van der Waals surface area contributed by atoms with E-state index in [2.05, 4.69) is 17.0 Å². The Morgan fingerprint density at radius 2 is 1.90 bits per heavy atom. The standard InChI is InChI=1S/C23H28N2O4/c1-24(15-17-5-8-19(27-2)9-6-17)23(26)16-25-11-3-4-20(25)18-7-10-21-22(14-18)29-13-12-28-21/h5-10,14,20H,3-4,11-13,15-16H2,1-2H3. The molecule has 0 bridgehead atoms. The van der Waals surface area contributed by atoms with Gasteiger partial charge in [0.15, 0.2) is 11.5 Å². The first kappa shape index (κ1) is 19.6. The maximum Gasteiger partial charge on any atom is 0.236 e. The van der Waals surface area contributed by atoms with Gasteiger partial charge in [0.2, 0.25) is 5.91 Å². The highest BCUT2D eigenvalue weighted by atomic mass is 16.6. The van der Waals surface area contributed by atoms with Crippen molar-refractivity contribution in [3.8, 4) is 17.2 Å². The van der Waals surface area contributed by atoms with Gasteiger partial charge in [-0.1, -0.05) is 18.2 Å². The fourth-order valence-electron chi connectivity index (χ4n) is 4.05. The van der Waals surface area contributed by atoms with Crippen LogP contribution in [0.4, 0.5) is 0 Å². The van der Waals surface area contributed by atoms with Crippen molar-refractivity contribution in [3.05, 3.63) is 53.6 Å². The van der Waals surface area contributed by atoms with Crippen molar-refractivity contribution in [1.82, 2.24) is 9.80 Å². The van der Waals surface area contributed by atoms with Crippen molar-refractivity contribution in [1.29, 1.82) is 0 Å². The van der Waals surface area contributed by atoms with Gasteiger partial charge in [-0.25, -0.2) is 0 Å². The molecule has 6 heteroatoms. The van der Waals surface area contributed by atoms with Crippen LogP contribution in [0.25, 0.3) is 0 Å². The Morgan fingerprint density at radius 3 is 2.66 bits per heavy atom. The molecule has 1 amide bonds. The summed E-state index contributed by atoms with van der Waals surface area (Å²) in [5.41, 5.74) is 2.28. The maximum absolute atomic E-state index is 12.9. The van der Waals surface area contributed by atoms with Crippen LogP contribution in [-0.4, -0.2) is 56.2 Å². The molecule has 29 heavy (non-hydrogen) atoms. The molecule has 1 saturated heterocycles. The predicted molar refractivity (Wildman–Crippen MR) is 110 cm³/mol. The Balaban J connectivity index is 1.39. The third kappa shape index (κ3) is 4.48. The summed E-state index contributed by atoms with van der Waals surface area (Å²) in [6, 6.07) is 14.2. The Hall–Kier alpha value is -2.73. The topological polar surface area (TPSA) is 51.2 Å². The summed E-state index contributed by atoms with van der Waals surface area (Å²) in [6.07, 6.45) is 2.14. The third-order valence-electron chi connectivity index (χ3n) is 5.66. The number of carbonyl (C=O) groups is 1. The van der Waals surface area contributed by atoms with Crippen LogP contribution in [0, 0.1) is 0 Å². The highest BCUT2D eigenvalue weighted by molar-refractivity contribution is 5.78. The number of hydrogen-bond donors (Lipinski definition) is 0. The highest BCUT2D eigenvalue weighted by Gasteiger charge is 2.29. The van der Waals surface area contributed by atoms with Crippen molar-refractivity contribution < 1.29 is 19.0 Å². The summed E-state index contributed by atoms with van der Waals surface area (Å²) in [5.74, 6) is 2.57. The Kier molecular flexibility index (Phi) is 5.90. The molecule has 6 nitrogen and oxygen atoms in total. The molecule has 0 saturated carbocycles. The Bertz CT molecular complexity index is 852. The first-order chi connectivity index (χ1) is 14.1. The first-order valence-corrected chi connectivity index (χ1v) is 10.1. The lowest BCUT2D eigenvalue weighted by Gasteiger charge is -2.28. The van der Waals surface area contributed by atoms with Gasteiger partial charge in [-0.2, -0.15) is 0 Å². The maximum atomic E-state index is 12.9. The molecular formula is C23H28N2O4. The van der Waals surface area contributed by atoms with E-state index in [0.717, 1.165) is 42.2 Å². The van der Waals surface area contributed by atoms with E-state index >= 15 is 0 Å². The molecule has 1 fully saturated rings. The summed E-state index contributed by atoms with van der Waals surface area (Å²) < 4.78 is 16.6. The van der Waals surface area contributed by atoms with Gasteiger partial charge in [0.25, 0.3) is 0 Å². The average molecular weight is 396 g/mol. The molecule has 4 rings (SSSR count). The summed E-state index contributed by atoms with van der Waals surface area (Å²) in [4.78, 5) is 16.9. The fourth-order valence-corrected chi connectivity index (χ4v) is 4.05. The SMILES string of the molecule is COc1ccc(CN(C)C(=O)CN2CCCC2c2ccc3c(c2)OCCO3)cc1. The van der Waals surface area contributed by atoms with E-state index in [-0.39, 0.29) is 11.9 Å². The van der Waals surface area contributed by atoms with Gasteiger partial charge in [-0.3, -0.25) is 9.69 Å². The molecule has 0 radical (unpaired) electrons. The number of likely N-dealkylation sites (N-methyl/N-ethyl adjacent to an activating group) is 1. The Morgan fingerprint density at radius 1 is 1.14 bits per heavy atom. The van der Waals surface area contributed by atoms with Gasteiger partial charge in [0.1, 0.15) is 19.0 Å². The smallest absolute Gasteiger partial charge is 0.236 e. The van der Waals surface area contributed by atoms with E-state index in [4.69, 9.17) is 14.2 Å². The van der Waals surface area contributed by atoms with E-state index in [0.29, 0.717) is 26.3 Å². The second-order valence-electron chi connectivity index (χ2n) is 7.63. The summed E-state index contributed by atoms with van der Waals surface area (Å²) in [5, 5.41) is 0. The number of carbonyl (C=O) groups excluding carboxylic acids is 1. The Labute approximate surface area is 172 Å². The monoisotopic (exact) mass is 396 g/mol. The van der Waals surface area contributed by atoms with Crippen molar-refractivity contribution in [2.45, 2.75) is 25.4 Å². The lowest BCUT2D eigenvalue weighted by molar-refractivity contribution is -0.131. The number of fused-ring (bicyclic) bond motifs is 1. The minimum atomic E-state index is 0.130. The summed E-state index contributed by atoms with van der Waals surface area (Å²) in [7, 11) is 3.51. The lowest BCUT2D eigenvalue weighted by Crippen LogP contribution is -2.37. The van der Waals surface area contributed by atoms with E-state index in [9.17, 15) is 4.79 Å². The van der Waals surface area contributed by atoms with Crippen LogP contribution in [-0.2, 0) is 11.3 Å². The van der Waals surface area contributed by atoms with Gasteiger partial charge in [-0.15, -0.1) is 0 Å². The normalized spacial score (nSPS) is 18.5. The zero-order valence-corrected chi connectivity index (χ0v) is 17.1. The minimum absolute atomic E-state index is 0.130. The number of ether oxygens (including phenoxy) is 3. The molecule has 2 aliphatic rings. The number of nitrogens with zero attached hydrogens (tertiary/aromatic N) is 2. The number of benzene rings is 2. The van der Waals surface area contributed by atoms with Crippen LogP contribution in [0.2, 0.25) is 0 Å². The van der Waals surface area contributed by atoms with Crippen LogP contribution in [0.3, 0.4) is 0 Å².